The van der Waals surface area contributed by atoms with Crippen LogP contribution in [0.25, 0.3) is 0 Å². The normalized spacial score (nSPS) is 11.9. The molecule has 0 saturated carbocycles. The lowest BCUT2D eigenvalue weighted by atomic mass is 9.94. The average Bonchev–Trinajstić information content (AvgIpc) is 2.33. The zero-order chi connectivity index (χ0) is 12.6. The van der Waals surface area contributed by atoms with Crippen LogP contribution in [0.3, 0.4) is 0 Å². The first kappa shape index (κ1) is 15.4. The van der Waals surface area contributed by atoms with Gasteiger partial charge in [0, 0.05) is 18.5 Å². The summed E-state index contributed by atoms with van der Waals surface area (Å²) in [6.07, 6.45) is 4.57. The predicted molar refractivity (Wildman–Crippen MR) is 69.2 cm³/mol. The summed E-state index contributed by atoms with van der Waals surface area (Å²) in [4.78, 5) is 11.7. The minimum Gasteiger partial charge on any atom is -0.354 e. The van der Waals surface area contributed by atoms with E-state index in [2.05, 4.69) is 33.0 Å². The highest BCUT2D eigenvalue weighted by atomic mass is 16.1. The molecule has 0 bridgehead atoms. The summed E-state index contributed by atoms with van der Waals surface area (Å²) in [5.74, 6) is 0.654. The summed E-state index contributed by atoms with van der Waals surface area (Å²) in [5, 5.41) is 2.96. The highest BCUT2D eigenvalue weighted by Gasteiger charge is 2.21. The summed E-state index contributed by atoms with van der Waals surface area (Å²) >= 11 is 0. The Labute approximate surface area is 100 Å². The van der Waals surface area contributed by atoms with Crippen molar-refractivity contribution in [2.75, 3.05) is 6.54 Å². The molecular formula is C13H28N2O. The van der Waals surface area contributed by atoms with Crippen molar-refractivity contribution >= 4 is 5.91 Å². The molecule has 1 amide bonds. The fraction of sp³-hybridized carbons (Fsp3) is 0.923. The largest absolute Gasteiger partial charge is 0.354 e. The van der Waals surface area contributed by atoms with Gasteiger partial charge in [0.1, 0.15) is 0 Å². The van der Waals surface area contributed by atoms with Crippen LogP contribution in [0.15, 0.2) is 0 Å². The Kier molecular flexibility index (Phi) is 7.39. The number of amides is 1. The minimum absolute atomic E-state index is 0.144. The van der Waals surface area contributed by atoms with Crippen LogP contribution < -0.4 is 11.1 Å². The maximum absolute atomic E-state index is 11.7. The fourth-order valence-electron chi connectivity index (χ4n) is 1.69. The highest BCUT2D eigenvalue weighted by molar-refractivity contribution is 5.76. The van der Waals surface area contributed by atoms with Gasteiger partial charge in [0.15, 0.2) is 0 Å². The van der Waals surface area contributed by atoms with Gasteiger partial charge in [0.25, 0.3) is 0 Å². The van der Waals surface area contributed by atoms with E-state index in [1.807, 2.05) is 0 Å². The van der Waals surface area contributed by atoms with E-state index in [0.717, 1.165) is 25.7 Å². The van der Waals surface area contributed by atoms with Gasteiger partial charge in [-0.3, -0.25) is 4.79 Å². The lowest BCUT2D eigenvalue weighted by Crippen LogP contribution is -2.49. The third kappa shape index (κ3) is 5.50. The lowest BCUT2D eigenvalue weighted by molar-refractivity contribution is -0.122. The monoisotopic (exact) mass is 228 g/mol. The van der Waals surface area contributed by atoms with E-state index >= 15 is 0 Å². The van der Waals surface area contributed by atoms with Crippen molar-refractivity contribution in [2.24, 2.45) is 11.7 Å². The summed E-state index contributed by atoms with van der Waals surface area (Å²) in [6, 6.07) is 0. The van der Waals surface area contributed by atoms with Crippen LogP contribution >= 0.6 is 0 Å². The second kappa shape index (κ2) is 7.66. The Morgan fingerprint density at radius 1 is 1.19 bits per heavy atom. The van der Waals surface area contributed by atoms with Crippen molar-refractivity contribution in [3.8, 4) is 0 Å². The van der Waals surface area contributed by atoms with E-state index in [1.54, 1.807) is 0 Å². The maximum Gasteiger partial charge on any atom is 0.220 e. The van der Waals surface area contributed by atoms with Crippen LogP contribution in [0.1, 0.15) is 59.8 Å². The van der Waals surface area contributed by atoms with Crippen LogP contribution in [0.4, 0.5) is 0 Å². The molecule has 0 rings (SSSR count). The molecule has 96 valence electrons. The van der Waals surface area contributed by atoms with Gasteiger partial charge in [-0.15, -0.1) is 0 Å². The zero-order valence-electron chi connectivity index (χ0n) is 11.3. The molecule has 0 spiro atoms. The molecular weight excluding hydrogens is 200 g/mol. The first-order valence-electron chi connectivity index (χ1n) is 6.56. The fourth-order valence-corrected chi connectivity index (χ4v) is 1.69. The van der Waals surface area contributed by atoms with E-state index in [0.29, 0.717) is 18.9 Å². The Hall–Kier alpha value is -0.570. The molecule has 0 aromatic carbocycles. The van der Waals surface area contributed by atoms with E-state index < -0.39 is 0 Å². The number of carbonyl (C=O) groups excluding carboxylic acids is 1. The third-order valence-corrected chi connectivity index (χ3v) is 3.67. The van der Waals surface area contributed by atoms with Gasteiger partial charge >= 0.3 is 0 Å². The van der Waals surface area contributed by atoms with E-state index in [-0.39, 0.29) is 11.4 Å². The van der Waals surface area contributed by atoms with Gasteiger partial charge in [-0.1, -0.05) is 40.5 Å². The number of hydrogen-bond acceptors (Lipinski definition) is 2. The molecule has 0 atom stereocenters. The van der Waals surface area contributed by atoms with Gasteiger partial charge < -0.3 is 11.1 Å². The number of hydrogen-bond donors (Lipinski definition) is 2. The molecule has 0 aliphatic heterocycles. The van der Waals surface area contributed by atoms with Crippen LogP contribution in [0.2, 0.25) is 0 Å². The van der Waals surface area contributed by atoms with Crippen LogP contribution in [-0.2, 0) is 4.79 Å². The average molecular weight is 228 g/mol. The molecule has 0 unspecified atom stereocenters. The standard InChI is InChI=1S/C13H28N2O/c1-5-11(6-2)9-12(16)15-10-13(14,7-3)8-4/h11H,5-10,14H2,1-4H3,(H,15,16). The SMILES string of the molecule is CCC(CC)CC(=O)NCC(N)(CC)CC. The maximum atomic E-state index is 11.7. The van der Waals surface area contributed by atoms with Gasteiger partial charge in [-0.25, -0.2) is 0 Å². The molecule has 3 nitrogen and oxygen atoms in total. The Morgan fingerprint density at radius 3 is 2.06 bits per heavy atom. The minimum atomic E-state index is -0.233. The summed E-state index contributed by atoms with van der Waals surface area (Å²) in [7, 11) is 0. The zero-order valence-corrected chi connectivity index (χ0v) is 11.3. The topological polar surface area (TPSA) is 55.1 Å². The smallest absolute Gasteiger partial charge is 0.220 e. The number of rotatable bonds is 8. The van der Waals surface area contributed by atoms with Crippen molar-refractivity contribution in [2.45, 2.75) is 65.3 Å². The van der Waals surface area contributed by atoms with Crippen molar-refractivity contribution in [3.05, 3.63) is 0 Å². The molecule has 0 heterocycles. The summed E-state index contributed by atoms with van der Waals surface area (Å²) in [5.41, 5.74) is 5.89. The quantitative estimate of drug-likeness (QED) is 0.670. The van der Waals surface area contributed by atoms with Crippen molar-refractivity contribution in [1.82, 2.24) is 5.32 Å². The molecule has 3 N–H and O–H groups in total. The molecule has 0 radical (unpaired) electrons. The van der Waals surface area contributed by atoms with Crippen LogP contribution in [-0.4, -0.2) is 18.0 Å². The van der Waals surface area contributed by atoms with Crippen LogP contribution in [0.5, 0.6) is 0 Å². The highest BCUT2D eigenvalue weighted by Crippen LogP contribution is 2.13. The van der Waals surface area contributed by atoms with Crippen molar-refractivity contribution in [1.29, 1.82) is 0 Å². The number of nitrogens with two attached hydrogens (primary N) is 1. The molecule has 0 aromatic rings. The second-order valence-corrected chi connectivity index (χ2v) is 4.73. The van der Waals surface area contributed by atoms with E-state index in [9.17, 15) is 4.79 Å². The predicted octanol–water partition coefficient (Wildman–Crippen LogP) is 2.45. The number of carbonyl (C=O) groups is 1. The van der Waals surface area contributed by atoms with Gasteiger partial charge in [-0.05, 0) is 18.8 Å². The molecule has 0 aromatic heterocycles. The molecule has 0 fully saturated rings. The van der Waals surface area contributed by atoms with Gasteiger partial charge in [0.2, 0.25) is 5.91 Å². The van der Waals surface area contributed by atoms with Crippen molar-refractivity contribution in [3.63, 3.8) is 0 Å². The second-order valence-electron chi connectivity index (χ2n) is 4.73. The Morgan fingerprint density at radius 2 is 1.69 bits per heavy atom. The molecule has 0 aliphatic carbocycles. The Bertz CT molecular complexity index is 196. The molecule has 3 heteroatoms. The van der Waals surface area contributed by atoms with Gasteiger partial charge in [0.05, 0.1) is 0 Å². The first-order chi connectivity index (χ1) is 7.51. The lowest BCUT2D eigenvalue weighted by Gasteiger charge is -2.27. The van der Waals surface area contributed by atoms with Crippen molar-refractivity contribution < 1.29 is 4.79 Å². The summed E-state index contributed by atoms with van der Waals surface area (Å²) in [6.45, 7) is 8.99. The molecule has 0 aliphatic rings. The van der Waals surface area contributed by atoms with E-state index in [1.165, 1.54) is 0 Å². The molecule has 0 saturated heterocycles. The molecule has 16 heavy (non-hydrogen) atoms. The van der Waals surface area contributed by atoms with Crippen LogP contribution in [0, 0.1) is 5.92 Å². The van der Waals surface area contributed by atoms with Gasteiger partial charge in [-0.2, -0.15) is 0 Å². The first-order valence-corrected chi connectivity index (χ1v) is 6.56. The Balaban J connectivity index is 3.97. The van der Waals surface area contributed by atoms with E-state index in [4.69, 9.17) is 5.73 Å². The third-order valence-electron chi connectivity index (χ3n) is 3.67. The number of nitrogens with one attached hydrogen (secondary N) is 1. The summed E-state index contributed by atoms with van der Waals surface area (Å²) < 4.78 is 0.